The summed E-state index contributed by atoms with van der Waals surface area (Å²) in [6.45, 7) is 2.22. The van der Waals surface area contributed by atoms with Crippen LogP contribution in [0.4, 0.5) is 0 Å². The number of thioether (sulfide) groups is 1. The highest BCUT2D eigenvalue weighted by Crippen LogP contribution is 2.36. The number of fused-ring (bicyclic) bond motifs is 4. The average Bonchev–Trinajstić information content (AvgIpc) is 3.05. The Morgan fingerprint density at radius 1 is 1.06 bits per heavy atom. The quantitative estimate of drug-likeness (QED) is 0.513. The number of carbonyl (C=O) groups excluding carboxylic acids is 2. The number of rotatable bonds is 4. The molecule has 3 aliphatic heterocycles. The van der Waals surface area contributed by atoms with Crippen LogP contribution in [0.25, 0.3) is 6.08 Å². The van der Waals surface area contributed by atoms with Crippen LogP contribution in [0.2, 0.25) is 0 Å². The maximum absolute atomic E-state index is 13.0. The predicted octanol–water partition coefficient (Wildman–Crippen LogP) is 3.09. The van der Waals surface area contributed by atoms with Gasteiger partial charge in [-0.25, -0.2) is 0 Å². The van der Waals surface area contributed by atoms with E-state index in [1.807, 2.05) is 51.9 Å². The molecule has 1 aromatic carbocycles. The predicted molar refractivity (Wildman–Crippen MR) is 129 cm³/mol. The Hall–Kier alpha value is -2.71. The third-order valence-electron chi connectivity index (χ3n) is 6.35. The average molecular weight is 466 g/mol. The number of likely N-dealkylation sites (tertiary alicyclic amines) is 1. The number of amides is 2. The zero-order valence-electron chi connectivity index (χ0n) is 17.5. The normalized spacial score (nSPS) is 23.6. The maximum Gasteiger partial charge on any atom is 0.266 e. The van der Waals surface area contributed by atoms with Gasteiger partial charge < -0.3 is 9.47 Å². The van der Waals surface area contributed by atoms with Crippen LogP contribution < -0.4 is 5.56 Å². The zero-order valence-corrected chi connectivity index (χ0v) is 19.1. The number of hydrogen-bond donors (Lipinski definition) is 0. The van der Waals surface area contributed by atoms with Gasteiger partial charge in [0.2, 0.25) is 5.91 Å². The molecular formula is C24H23N3O3S2. The summed E-state index contributed by atoms with van der Waals surface area (Å²) in [7, 11) is 0. The summed E-state index contributed by atoms with van der Waals surface area (Å²) in [5, 5.41) is 0. The highest BCUT2D eigenvalue weighted by Gasteiger charge is 2.37. The van der Waals surface area contributed by atoms with Crippen molar-refractivity contribution in [2.24, 2.45) is 5.92 Å². The molecular weight excluding hydrogens is 442 g/mol. The molecule has 0 aliphatic carbocycles. The van der Waals surface area contributed by atoms with Crippen LogP contribution in [0, 0.1) is 5.92 Å². The number of aromatic nitrogens is 1. The molecule has 2 fully saturated rings. The fourth-order valence-electron chi connectivity index (χ4n) is 4.86. The molecule has 1 aromatic heterocycles. The minimum atomic E-state index is -0.138. The number of nitrogens with zero attached hydrogens (tertiary/aromatic N) is 3. The summed E-state index contributed by atoms with van der Waals surface area (Å²) in [6, 6.07) is 15.1. The number of thiocarbonyl (C=S) groups is 1. The van der Waals surface area contributed by atoms with Crippen molar-refractivity contribution in [2.75, 3.05) is 19.6 Å². The number of carbonyl (C=O) groups is 2. The lowest BCUT2D eigenvalue weighted by atomic mass is 9.83. The van der Waals surface area contributed by atoms with E-state index in [9.17, 15) is 14.4 Å². The highest BCUT2D eigenvalue weighted by molar-refractivity contribution is 8.26. The molecule has 3 aliphatic rings. The first-order chi connectivity index (χ1) is 15.5. The van der Waals surface area contributed by atoms with Gasteiger partial charge in [-0.3, -0.25) is 19.3 Å². The van der Waals surface area contributed by atoms with Crippen LogP contribution in [-0.2, 0) is 16.1 Å². The molecule has 0 radical (unpaired) electrons. The molecule has 0 N–H and O–H groups in total. The van der Waals surface area contributed by atoms with Crippen molar-refractivity contribution in [3.8, 4) is 0 Å². The minimum absolute atomic E-state index is 0.0347. The van der Waals surface area contributed by atoms with E-state index in [2.05, 4.69) is 0 Å². The molecule has 0 spiro atoms. The van der Waals surface area contributed by atoms with E-state index in [-0.39, 0.29) is 42.2 Å². The Bertz CT molecular complexity index is 1170. The van der Waals surface area contributed by atoms with Crippen LogP contribution in [-0.4, -0.2) is 50.1 Å². The molecule has 0 saturated carbocycles. The number of piperidine rings is 1. The number of benzene rings is 1. The Balaban J connectivity index is 1.23. The lowest BCUT2D eigenvalue weighted by Crippen LogP contribution is -2.49. The number of hydrogen-bond acceptors (Lipinski definition) is 5. The molecule has 0 unspecified atom stereocenters. The van der Waals surface area contributed by atoms with E-state index >= 15 is 0 Å². The van der Waals surface area contributed by atoms with Crippen LogP contribution in [0.1, 0.15) is 30.0 Å². The summed E-state index contributed by atoms with van der Waals surface area (Å²) < 4.78 is 2.36. The molecule has 2 saturated heterocycles. The zero-order chi connectivity index (χ0) is 22.2. The van der Waals surface area contributed by atoms with Gasteiger partial charge in [0, 0.05) is 50.3 Å². The second-order valence-electron chi connectivity index (χ2n) is 8.49. The molecule has 2 atom stereocenters. The van der Waals surface area contributed by atoms with Crippen molar-refractivity contribution in [3.63, 3.8) is 0 Å². The summed E-state index contributed by atoms with van der Waals surface area (Å²) >= 11 is 6.69. The van der Waals surface area contributed by atoms with Gasteiger partial charge >= 0.3 is 0 Å². The second kappa shape index (κ2) is 8.67. The van der Waals surface area contributed by atoms with Gasteiger partial charge in [0.05, 0.1) is 4.91 Å². The van der Waals surface area contributed by atoms with Crippen molar-refractivity contribution in [2.45, 2.75) is 25.3 Å². The van der Waals surface area contributed by atoms with E-state index in [1.54, 1.807) is 12.1 Å². The first-order valence-electron chi connectivity index (χ1n) is 10.8. The van der Waals surface area contributed by atoms with E-state index in [0.717, 1.165) is 17.7 Å². The summed E-state index contributed by atoms with van der Waals surface area (Å²) in [6.07, 6.45) is 3.09. The minimum Gasteiger partial charge on any atom is -0.342 e. The molecule has 164 valence electrons. The van der Waals surface area contributed by atoms with Gasteiger partial charge in [-0.1, -0.05) is 60.4 Å². The van der Waals surface area contributed by atoms with Crippen LogP contribution in [0.3, 0.4) is 0 Å². The molecule has 2 amide bonds. The highest BCUT2D eigenvalue weighted by atomic mass is 32.2. The van der Waals surface area contributed by atoms with Gasteiger partial charge in [-0.2, -0.15) is 0 Å². The SMILES string of the molecule is O=C(CCN1C(=O)C(=Cc2ccccc2)SC1=S)N1C[C@@H]2C[C@@H](C1)c1cccc(=O)n1C2. The van der Waals surface area contributed by atoms with Gasteiger partial charge in [0.1, 0.15) is 4.32 Å². The Morgan fingerprint density at radius 3 is 2.69 bits per heavy atom. The van der Waals surface area contributed by atoms with E-state index in [4.69, 9.17) is 12.2 Å². The van der Waals surface area contributed by atoms with Crippen molar-refractivity contribution in [3.05, 3.63) is 75.0 Å². The third kappa shape index (κ3) is 4.04. The van der Waals surface area contributed by atoms with E-state index < -0.39 is 0 Å². The topological polar surface area (TPSA) is 62.6 Å². The van der Waals surface area contributed by atoms with E-state index in [1.165, 1.54) is 16.7 Å². The van der Waals surface area contributed by atoms with Crippen LogP contribution >= 0.6 is 24.0 Å². The van der Waals surface area contributed by atoms with Crippen molar-refractivity contribution in [1.82, 2.24) is 14.4 Å². The smallest absolute Gasteiger partial charge is 0.266 e. The van der Waals surface area contributed by atoms with Crippen molar-refractivity contribution < 1.29 is 9.59 Å². The maximum atomic E-state index is 13.0. The molecule has 32 heavy (non-hydrogen) atoms. The van der Waals surface area contributed by atoms with Crippen LogP contribution in [0.15, 0.2) is 58.2 Å². The third-order valence-corrected chi connectivity index (χ3v) is 7.73. The molecule has 2 aromatic rings. The van der Waals surface area contributed by atoms with Gasteiger partial charge in [0.15, 0.2) is 0 Å². The molecule has 6 nitrogen and oxygen atoms in total. The monoisotopic (exact) mass is 465 g/mol. The number of pyridine rings is 1. The summed E-state index contributed by atoms with van der Waals surface area (Å²) in [4.78, 5) is 42.0. The van der Waals surface area contributed by atoms with Gasteiger partial charge in [-0.05, 0) is 30.0 Å². The van der Waals surface area contributed by atoms with Crippen LogP contribution in [0.5, 0.6) is 0 Å². The first kappa shape index (κ1) is 21.2. The van der Waals surface area contributed by atoms with E-state index in [0.29, 0.717) is 28.9 Å². The fraction of sp³-hybridized carbons (Fsp3) is 0.333. The summed E-state index contributed by atoms with van der Waals surface area (Å²) in [5.74, 6) is 0.370. The van der Waals surface area contributed by atoms with Crippen molar-refractivity contribution >= 4 is 46.2 Å². The lowest BCUT2D eigenvalue weighted by Gasteiger charge is -2.42. The lowest BCUT2D eigenvalue weighted by molar-refractivity contribution is -0.134. The van der Waals surface area contributed by atoms with Gasteiger partial charge in [0.25, 0.3) is 11.5 Å². The largest absolute Gasteiger partial charge is 0.342 e. The molecule has 4 heterocycles. The molecule has 2 bridgehead atoms. The summed E-state index contributed by atoms with van der Waals surface area (Å²) in [5.41, 5.74) is 2.01. The Kier molecular flexibility index (Phi) is 5.73. The molecule has 8 heteroatoms. The Labute approximate surface area is 195 Å². The second-order valence-corrected chi connectivity index (χ2v) is 10.2. The molecule has 5 rings (SSSR count). The standard InChI is InChI=1S/C24H23N3O3S2/c28-21(25-13-17-11-18(15-25)19-7-4-8-22(29)27(19)14-17)9-10-26-23(30)20(32-24(26)31)12-16-5-2-1-3-6-16/h1-8,12,17-18H,9-11,13-15H2/t17-,18-/m0/s1. The van der Waals surface area contributed by atoms with Crippen molar-refractivity contribution in [1.29, 1.82) is 0 Å². The Morgan fingerprint density at radius 2 is 1.88 bits per heavy atom. The fourth-order valence-corrected chi connectivity index (χ4v) is 6.17. The first-order valence-corrected chi connectivity index (χ1v) is 12.0. The van der Waals surface area contributed by atoms with Gasteiger partial charge in [-0.15, -0.1) is 0 Å².